The predicted molar refractivity (Wildman–Crippen MR) is 121 cm³/mol. The molecule has 0 aromatic heterocycles. The van der Waals surface area contributed by atoms with Crippen molar-refractivity contribution in [2.45, 2.75) is 102 Å². The Labute approximate surface area is 205 Å². The first-order valence-corrected chi connectivity index (χ1v) is 12.1. The third-order valence-electron chi connectivity index (χ3n) is 7.44. The number of allylic oxidation sites excluding steroid dienone is 2. The van der Waals surface area contributed by atoms with Crippen molar-refractivity contribution in [2.24, 2.45) is 11.3 Å². The number of carbonyl (C=O) groups excluding carboxylic acids is 1. The minimum atomic E-state index is -1.93. The van der Waals surface area contributed by atoms with E-state index in [-0.39, 0.29) is 17.1 Å². The lowest BCUT2D eigenvalue weighted by molar-refractivity contribution is -0.342. The summed E-state index contributed by atoms with van der Waals surface area (Å²) in [6, 6.07) is 0. The molecule has 2 fully saturated rings. The molecule has 0 spiro atoms. The van der Waals surface area contributed by atoms with Crippen molar-refractivity contribution in [3.05, 3.63) is 11.6 Å². The number of hydrogen-bond donors (Lipinski definition) is 6. The molecule has 202 valence electrons. The zero-order valence-electron chi connectivity index (χ0n) is 20.7. The topological polar surface area (TPSA) is 175 Å². The van der Waals surface area contributed by atoms with Gasteiger partial charge >= 0.3 is 0 Å². The molecule has 0 amide bonds. The molecular formula is C24H40O11. The number of carbonyl (C=O) groups is 1. The van der Waals surface area contributed by atoms with Gasteiger partial charge in [-0.25, -0.2) is 0 Å². The van der Waals surface area contributed by atoms with Gasteiger partial charge < -0.3 is 49.6 Å². The predicted octanol–water partition coefficient (Wildman–Crippen LogP) is -1.00. The van der Waals surface area contributed by atoms with Gasteiger partial charge in [-0.2, -0.15) is 0 Å². The smallest absolute Gasteiger partial charge is 0.187 e. The van der Waals surface area contributed by atoms with Gasteiger partial charge in [0.05, 0.1) is 25.9 Å². The van der Waals surface area contributed by atoms with Crippen LogP contribution in [0, 0.1) is 11.3 Å². The monoisotopic (exact) mass is 504 g/mol. The molecule has 3 rings (SSSR count). The highest BCUT2D eigenvalue weighted by molar-refractivity contribution is 5.91. The number of aliphatic hydroxyl groups is 6. The third-order valence-corrected chi connectivity index (χ3v) is 7.44. The van der Waals surface area contributed by atoms with Crippen LogP contribution in [0.1, 0.15) is 47.0 Å². The number of ether oxygens (including phenoxy) is 4. The summed E-state index contributed by atoms with van der Waals surface area (Å²) < 4.78 is 22.7. The first-order valence-electron chi connectivity index (χ1n) is 12.1. The molecule has 3 aliphatic rings. The average molecular weight is 505 g/mol. The van der Waals surface area contributed by atoms with Crippen LogP contribution in [-0.4, -0.2) is 111 Å². The maximum atomic E-state index is 12.0. The lowest BCUT2D eigenvalue weighted by Gasteiger charge is -2.43. The molecule has 0 saturated carbocycles. The normalized spacial score (nSPS) is 42.7. The van der Waals surface area contributed by atoms with Gasteiger partial charge in [0, 0.05) is 6.42 Å². The molecule has 1 aliphatic carbocycles. The molecular weight excluding hydrogens is 464 g/mol. The van der Waals surface area contributed by atoms with E-state index in [9.17, 15) is 35.4 Å². The number of aliphatic hydroxyl groups excluding tert-OH is 5. The summed E-state index contributed by atoms with van der Waals surface area (Å²) >= 11 is 0. The van der Waals surface area contributed by atoms with E-state index >= 15 is 0 Å². The van der Waals surface area contributed by atoms with E-state index in [4.69, 9.17) is 18.9 Å². The molecule has 10 atom stereocenters. The Balaban J connectivity index is 1.68. The molecule has 11 nitrogen and oxygen atoms in total. The van der Waals surface area contributed by atoms with Crippen molar-refractivity contribution in [1.29, 1.82) is 0 Å². The van der Waals surface area contributed by atoms with Crippen molar-refractivity contribution < 1.29 is 54.4 Å². The largest absolute Gasteiger partial charge is 0.394 e. The Hall–Kier alpha value is -0.990. The second kappa shape index (κ2) is 11.2. The molecule has 2 heterocycles. The van der Waals surface area contributed by atoms with Gasteiger partial charge in [0.25, 0.3) is 0 Å². The van der Waals surface area contributed by atoms with Crippen molar-refractivity contribution in [2.75, 3.05) is 19.8 Å². The molecule has 35 heavy (non-hydrogen) atoms. The Bertz CT molecular complexity index is 771. The second-order valence-electron chi connectivity index (χ2n) is 10.8. The van der Waals surface area contributed by atoms with Gasteiger partial charge in [0.1, 0.15) is 36.1 Å². The summed E-state index contributed by atoms with van der Waals surface area (Å²) in [6.07, 6.45) is -6.64. The molecule has 0 unspecified atom stereocenters. The summed E-state index contributed by atoms with van der Waals surface area (Å²) in [5.41, 5.74) is -1.10. The third kappa shape index (κ3) is 6.12. The summed E-state index contributed by atoms with van der Waals surface area (Å²) in [7, 11) is 0. The van der Waals surface area contributed by atoms with Crippen molar-refractivity contribution in [3.8, 4) is 0 Å². The van der Waals surface area contributed by atoms with E-state index in [2.05, 4.69) is 13.8 Å². The van der Waals surface area contributed by atoms with Gasteiger partial charge in [-0.15, -0.1) is 0 Å². The van der Waals surface area contributed by atoms with Crippen LogP contribution < -0.4 is 0 Å². The van der Waals surface area contributed by atoms with E-state index in [1.807, 2.05) is 13.8 Å². The molecule has 2 saturated heterocycles. The van der Waals surface area contributed by atoms with Gasteiger partial charge in [0.15, 0.2) is 18.4 Å². The highest BCUT2D eigenvalue weighted by Crippen LogP contribution is 2.42. The van der Waals surface area contributed by atoms with Gasteiger partial charge in [-0.1, -0.05) is 19.4 Å². The standard InChI is InChI=1S/C24H40O11/c1-12-7-14(27)8-23(3,4)15(12)6-5-13(2)33-21-19(18(29)17(28)16(9-25)34-21)35-22-20(30)24(31,10-26)11-32-22/h7,13,15-22,25-26,28-31H,5-6,8-11H2,1-4H3/t13-,15+,16-,17-,18+,19-,20+,21-,22+,24-/m1/s1. The van der Waals surface area contributed by atoms with Gasteiger partial charge in [0.2, 0.25) is 0 Å². The van der Waals surface area contributed by atoms with E-state index in [0.29, 0.717) is 12.8 Å². The Morgan fingerprint density at radius 2 is 1.86 bits per heavy atom. The van der Waals surface area contributed by atoms with Crippen LogP contribution in [0.4, 0.5) is 0 Å². The number of hydrogen-bond acceptors (Lipinski definition) is 11. The SMILES string of the molecule is CC1=CC(=O)CC(C)(C)[C@H]1CC[C@@H](C)O[C@@H]1O[C@H](CO)[C@@H](O)[C@H](O)[C@H]1O[C@@H]1OC[C@](O)(CO)[C@H]1O. The van der Waals surface area contributed by atoms with E-state index in [1.165, 1.54) is 0 Å². The zero-order valence-corrected chi connectivity index (χ0v) is 20.7. The van der Waals surface area contributed by atoms with Crippen LogP contribution in [0.15, 0.2) is 11.6 Å². The van der Waals surface area contributed by atoms with Crippen LogP contribution >= 0.6 is 0 Å². The van der Waals surface area contributed by atoms with Crippen LogP contribution in [-0.2, 0) is 23.7 Å². The maximum Gasteiger partial charge on any atom is 0.187 e. The van der Waals surface area contributed by atoms with Crippen molar-refractivity contribution in [3.63, 3.8) is 0 Å². The summed E-state index contributed by atoms with van der Waals surface area (Å²) in [5, 5.41) is 60.5. The fourth-order valence-electron chi connectivity index (χ4n) is 5.29. The molecule has 0 aromatic carbocycles. The fraction of sp³-hybridized carbons (Fsp3) is 0.875. The van der Waals surface area contributed by atoms with Crippen LogP contribution in [0.25, 0.3) is 0 Å². The van der Waals surface area contributed by atoms with Crippen LogP contribution in [0.3, 0.4) is 0 Å². The Morgan fingerprint density at radius 1 is 1.17 bits per heavy atom. The zero-order chi connectivity index (χ0) is 26.1. The first kappa shape index (κ1) is 28.6. The maximum absolute atomic E-state index is 12.0. The Kier molecular flexibility index (Phi) is 9.13. The number of rotatable bonds is 9. The second-order valence-corrected chi connectivity index (χ2v) is 10.8. The minimum Gasteiger partial charge on any atom is -0.394 e. The minimum absolute atomic E-state index is 0.121. The molecule has 2 aliphatic heterocycles. The molecule has 0 radical (unpaired) electrons. The van der Waals surface area contributed by atoms with Gasteiger partial charge in [-0.3, -0.25) is 4.79 Å². The van der Waals surface area contributed by atoms with Crippen LogP contribution in [0.2, 0.25) is 0 Å². The van der Waals surface area contributed by atoms with Crippen LogP contribution in [0.5, 0.6) is 0 Å². The van der Waals surface area contributed by atoms with Crippen molar-refractivity contribution in [1.82, 2.24) is 0 Å². The first-order chi connectivity index (χ1) is 16.3. The lowest BCUT2D eigenvalue weighted by atomic mass is 9.66. The van der Waals surface area contributed by atoms with Gasteiger partial charge in [-0.05, 0) is 44.1 Å². The lowest BCUT2D eigenvalue weighted by Crippen LogP contribution is -2.62. The summed E-state index contributed by atoms with van der Waals surface area (Å²) in [5.74, 6) is 0.303. The molecule has 0 bridgehead atoms. The average Bonchev–Trinajstić information content (AvgIpc) is 3.06. The van der Waals surface area contributed by atoms with E-state index in [0.717, 1.165) is 12.0 Å². The quantitative estimate of drug-likeness (QED) is 0.227. The Morgan fingerprint density at radius 3 is 2.43 bits per heavy atom. The molecule has 6 N–H and O–H groups in total. The molecule has 0 aromatic rings. The highest BCUT2D eigenvalue weighted by Gasteiger charge is 2.53. The summed E-state index contributed by atoms with van der Waals surface area (Å²) in [4.78, 5) is 12.0. The highest BCUT2D eigenvalue weighted by atomic mass is 16.8. The van der Waals surface area contributed by atoms with E-state index < -0.39 is 74.6 Å². The summed E-state index contributed by atoms with van der Waals surface area (Å²) in [6.45, 7) is 6.17. The van der Waals surface area contributed by atoms with E-state index in [1.54, 1.807) is 6.08 Å². The van der Waals surface area contributed by atoms with Crippen molar-refractivity contribution >= 4 is 5.78 Å². The number of ketones is 1. The fourth-order valence-corrected chi connectivity index (χ4v) is 5.29. The molecule has 11 heteroatoms.